The van der Waals surface area contributed by atoms with Crippen molar-refractivity contribution in [3.05, 3.63) is 33.8 Å². The topological polar surface area (TPSA) is 26.0 Å². The van der Waals surface area contributed by atoms with Crippen LogP contribution >= 0.6 is 23.2 Å². The van der Waals surface area contributed by atoms with Crippen molar-refractivity contribution < 1.29 is 0 Å². The molecule has 15 heavy (non-hydrogen) atoms. The molecule has 2 rings (SSSR count). The molecule has 0 bridgehead atoms. The lowest BCUT2D eigenvalue weighted by molar-refractivity contribution is 0.479. The van der Waals surface area contributed by atoms with Crippen LogP contribution in [0.15, 0.2) is 18.2 Å². The molecule has 0 aliphatic heterocycles. The van der Waals surface area contributed by atoms with E-state index in [-0.39, 0.29) is 0 Å². The lowest BCUT2D eigenvalue weighted by Gasteiger charge is -2.16. The number of nitrogens with two attached hydrogens (primary N) is 1. The van der Waals surface area contributed by atoms with Crippen molar-refractivity contribution in [3.8, 4) is 0 Å². The van der Waals surface area contributed by atoms with E-state index in [4.69, 9.17) is 28.9 Å². The van der Waals surface area contributed by atoms with Gasteiger partial charge >= 0.3 is 0 Å². The van der Waals surface area contributed by atoms with Gasteiger partial charge in [-0.1, -0.05) is 29.6 Å². The molecule has 1 saturated carbocycles. The molecule has 1 aliphatic rings. The first-order chi connectivity index (χ1) is 7.16. The van der Waals surface area contributed by atoms with Crippen LogP contribution < -0.4 is 5.73 Å². The first-order valence-electron chi connectivity index (χ1n) is 5.36. The molecule has 1 fully saturated rings. The Morgan fingerprint density at radius 3 is 2.73 bits per heavy atom. The van der Waals surface area contributed by atoms with Gasteiger partial charge in [-0.25, -0.2) is 0 Å². The zero-order valence-electron chi connectivity index (χ0n) is 8.55. The summed E-state index contributed by atoms with van der Waals surface area (Å²) in [5.41, 5.74) is 7.17. The van der Waals surface area contributed by atoms with Crippen molar-refractivity contribution in [2.45, 2.75) is 31.7 Å². The molecule has 0 spiro atoms. The fourth-order valence-corrected chi connectivity index (χ4v) is 2.69. The fraction of sp³-hybridized carbons (Fsp3) is 0.500. The molecule has 0 amide bonds. The Bertz CT molecular complexity index is 351. The third-order valence-corrected chi connectivity index (χ3v) is 3.81. The summed E-state index contributed by atoms with van der Waals surface area (Å²) in [4.78, 5) is 0. The third-order valence-electron chi connectivity index (χ3n) is 3.21. The first-order valence-corrected chi connectivity index (χ1v) is 6.12. The molecule has 0 radical (unpaired) electrons. The minimum atomic E-state index is 0.333. The monoisotopic (exact) mass is 243 g/mol. The predicted octanol–water partition coefficient (Wildman–Crippen LogP) is 3.66. The summed E-state index contributed by atoms with van der Waals surface area (Å²) in [5.74, 6) is 0.570. The minimum Gasteiger partial charge on any atom is -0.327 e. The van der Waals surface area contributed by atoms with Gasteiger partial charge in [0.15, 0.2) is 0 Å². The van der Waals surface area contributed by atoms with Gasteiger partial charge in [-0.3, -0.25) is 0 Å². The van der Waals surface area contributed by atoms with Gasteiger partial charge in [0, 0.05) is 16.1 Å². The van der Waals surface area contributed by atoms with Crippen molar-refractivity contribution >= 4 is 23.2 Å². The third kappa shape index (κ3) is 2.66. The summed E-state index contributed by atoms with van der Waals surface area (Å²) in [6.07, 6.45) is 4.55. The van der Waals surface area contributed by atoms with Crippen LogP contribution in [0.5, 0.6) is 0 Å². The molecule has 1 aliphatic carbocycles. The Kier molecular flexibility index (Phi) is 3.55. The summed E-state index contributed by atoms with van der Waals surface area (Å²) in [6, 6.07) is 5.97. The lowest BCUT2D eigenvalue weighted by Crippen LogP contribution is -2.25. The molecule has 0 saturated heterocycles. The maximum atomic E-state index is 6.12. The van der Waals surface area contributed by atoms with Crippen LogP contribution in [0.2, 0.25) is 10.0 Å². The van der Waals surface area contributed by atoms with E-state index in [1.807, 2.05) is 18.2 Å². The van der Waals surface area contributed by atoms with Crippen molar-refractivity contribution in [2.24, 2.45) is 11.7 Å². The quantitative estimate of drug-likeness (QED) is 0.844. The van der Waals surface area contributed by atoms with E-state index in [9.17, 15) is 0 Å². The maximum absolute atomic E-state index is 6.12. The number of halogens is 2. The molecule has 2 atom stereocenters. The number of benzene rings is 1. The van der Waals surface area contributed by atoms with Gasteiger partial charge in [0.2, 0.25) is 0 Å². The van der Waals surface area contributed by atoms with Gasteiger partial charge in [-0.15, -0.1) is 0 Å². The number of hydrogen-bond acceptors (Lipinski definition) is 1. The van der Waals surface area contributed by atoms with E-state index in [1.165, 1.54) is 12.8 Å². The Hall–Kier alpha value is -0.240. The smallest absolute Gasteiger partial charge is 0.0439 e. The molecule has 1 aromatic rings. The second-order valence-corrected chi connectivity index (χ2v) is 5.14. The number of hydrogen-bond donors (Lipinski definition) is 1. The second kappa shape index (κ2) is 4.73. The average molecular weight is 244 g/mol. The van der Waals surface area contributed by atoms with Crippen LogP contribution in [0.4, 0.5) is 0 Å². The Balaban J connectivity index is 2.12. The Labute approximate surface area is 101 Å². The summed E-state index contributed by atoms with van der Waals surface area (Å²) >= 11 is 12.1. The van der Waals surface area contributed by atoms with Crippen LogP contribution in [0.25, 0.3) is 0 Å². The molecule has 1 aromatic carbocycles. The highest BCUT2D eigenvalue weighted by Gasteiger charge is 2.24. The van der Waals surface area contributed by atoms with Crippen molar-refractivity contribution in [2.75, 3.05) is 0 Å². The van der Waals surface area contributed by atoms with Gasteiger partial charge in [0.05, 0.1) is 0 Å². The zero-order chi connectivity index (χ0) is 10.8. The first kappa shape index (κ1) is 11.3. The molecular weight excluding hydrogens is 229 g/mol. The molecule has 2 N–H and O–H groups in total. The SMILES string of the molecule is NC1CCCC1Cc1cc(Cl)ccc1Cl. The van der Waals surface area contributed by atoms with Crippen molar-refractivity contribution in [1.82, 2.24) is 0 Å². The van der Waals surface area contributed by atoms with Gasteiger partial charge in [0.25, 0.3) is 0 Å². The van der Waals surface area contributed by atoms with Crippen LogP contribution in [-0.2, 0) is 6.42 Å². The highest BCUT2D eigenvalue weighted by atomic mass is 35.5. The molecule has 0 heterocycles. The van der Waals surface area contributed by atoms with Crippen molar-refractivity contribution in [3.63, 3.8) is 0 Å². The Morgan fingerprint density at radius 1 is 1.27 bits per heavy atom. The minimum absolute atomic E-state index is 0.333. The van der Waals surface area contributed by atoms with Crippen LogP contribution in [-0.4, -0.2) is 6.04 Å². The van der Waals surface area contributed by atoms with Gasteiger partial charge in [-0.2, -0.15) is 0 Å². The summed E-state index contributed by atoms with van der Waals surface area (Å²) in [5, 5.41) is 1.56. The maximum Gasteiger partial charge on any atom is 0.0439 e. The Morgan fingerprint density at radius 2 is 2.07 bits per heavy atom. The summed E-state index contributed by atoms with van der Waals surface area (Å²) < 4.78 is 0. The summed E-state index contributed by atoms with van der Waals surface area (Å²) in [6.45, 7) is 0. The molecule has 0 aromatic heterocycles. The molecule has 2 unspecified atom stereocenters. The summed E-state index contributed by atoms with van der Waals surface area (Å²) in [7, 11) is 0. The second-order valence-electron chi connectivity index (χ2n) is 4.29. The molecule has 1 nitrogen and oxygen atoms in total. The predicted molar refractivity (Wildman–Crippen MR) is 65.5 cm³/mol. The standard InChI is InChI=1S/C12H15Cl2N/c13-10-4-5-11(14)9(7-10)6-8-2-1-3-12(8)15/h4-5,7-8,12H,1-3,6,15H2. The van der Waals surface area contributed by atoms with Gasteiger partial charge in [0.1, 0.15) is 0 Å². The van der Waals surface area contributed by atoms with Crippen LogP contribution in [0.3, 0.4) is 0 Å². The van der Waals surface area contributed by atoms with Gasteiger partial charge in [-0.05, 0) is 48.9 Å². The van der Waals surface area contributed by atoms with E-state index in [1.54, 1.807) is 0 Å². The highest BCUT2D eigenvalue weighted by molar-refractivity contribution is 6.33. The van der Waals surface area contributed by atoms with E-state index < -0.39 is 0 Å². The van der Waals surface area contributed by atoms with E-state index in [2.05, 4.69) is 0 Å². The van der Waals surface area contributed by atoms with Crippen molar-refractivity contribution in [1.29, 1.82) is 0 Å². The largest absolute Gasteiger partial charge is 0.327 e. The van der Waals surface area contributed by atoms with Crippen LogP contribution in [0.1, 0.15) is 24.8 Å². The number of rotatable bonds is 2. The molecule has 3 heteroatoms. The fourth-order valence-electron chi connectivity index (χ4n) is 2.30. The average Bonchev–Trinajstić information content (AvgIpc) is 2.58. The lowest BCUT2D eigenvalue weighted by atomic mass is 9.95. The van der Waals surface area contributed by atoms with Gasteiger partial charge < -0.3 is 5.73 Å². The van der Waals surface area contributed by atoms with Crippen LogP contribution in [0, 0.1) is 5.92 Å². The zero-order valence-corrected chi connectivity index (χ0v) is 10.1. The van der Waals surface area contributed by atoms with E-state index in [0.717, 1.165) is 28.5 Å². The van der Waals surface area contributed by atoms with E-state index >= 15 is 0 Å². The normalized spacial score (nSPS) is 25.8. The molecular formula is C12H15Cl2N. The molecule has 82 valence electrons. The van der Waals surface area contributed by atoms with E-state index in [0.29, 0.717) is 12.0 Å². The highest BCUT2D eigenvalue weighted by Crippen LogP contribution is 2.30.